The number of morpholine rings is 1. The Balaban J connectivity index is 1.62. The van der Waals surface area contributed by atoms with Crippen LogP contribution in [0.1, 0.15) is 22.5 Å². The number of aromatic nitrogens is 1. The molecule has 1 fully saturated rings. The van der Waals surface area contributed by atoms with Crippen LogP contribution in [0.4, 0.5) is 5.69 Å². The number of pyridine rings is 1. The molecule has 1 aromatic heterocycles. The summed E-state index contributed by atoms with van der Waals surface area (Å²) in [5.41, 5.74) is -0.530. The van der Waals surface area contributed by atoms with Crippen molar-refractivity contribution in [3.63, 3.8) is 0 Å². The minimum atomic E-state index is -1.88. The number of rotatable bonds is 5. The number of ether oxygens (including phenoxy) is 1. The second kappa shape index (κ2) is 7.19. The smallest absolute Gasteiger partial charge is 0.265 e. The number of carbonyl (C=O) groups excluding carboxylic acids is 2. The fraction of sp³-hybridized carbons (Fsp3) is 0.350. The molecule has 0 radical (unpaired) electrons. The van der Waals surface area contributed by atoms with Gasteiger partial charge in [0.1, 0.15) is 5.69 Å². The monoisotopic (exact) mass is 367 g/mol. The predicted octanol–water partition coefficient (Wildman–Crippen LogP) is 1.18. The second-order valence-electron chi connectivity index (χ2n) is 6.80. The first-order valence-electron chi connectivity index (χ1n) is 8.98. The highest BCUT2D eigenvalue weighted by molar-refractivity contribution is 6.10. The number of aliphatic hydroxyl groups is 1. The first kappa shape index (κ1) is 17.8. The normalized spacial score (nSPS) is 22.7. The van der Waals surface area contributed by atoms with E-state index in [9.17, 15) is 14.7 Å². The van der Waals surface area contributed by atoms with Gasteiger partial charge in [-0.25, -0.2) is 0 Å². The molecule has 27 heavy (non-hydrogen) atoms. The number of benzene rings is 1. The first-order valence-corrected chi connectivity index (χ1v) is 8.98. The van der Waals surface area contributed by atoms with Crippen molar-refractivity contribution in [1.82, 2.24) is 9.88 Å². The maximum atomic E-state index is 13.2. The van der Waals surface area contributed by atoms with Gasteiger partial charge in [-0.3, -0.25) is 24.4 Å². The number of anilines is 1. The molecule has 2 aliphatic heterocycles. The molecule has 3 heterocycles. The van der Waals surface area contributed by atoms with Gasteiger partial charge in [-0.15, -0.1) is 0 Å². The summed E-state index contributed by atoms with van der Waals surface area (Å²) in [6, 6.07) is 12.1. The Bertz CT molecular complexity index is 851. The van der Waals surface area contributed by atoms with Gasteiger partial charge in [0.2, 0.25) is 0 Å². The van der Waals surface area contributed by atoms with Crippen LogP contribution in [0, 0.1) is 0 Å². The lowest BCUT2D eigenvalue weighted by molar-refractivity contribution is -0.136. The number of carbonyl (C=O) groups is 2. The lowest BCUT2D eigenvalue weighted by Gasteiger charge is -2.31. The molecule has 2 aliphatic rings. The van der Waals surface area contributed by atoms with Gasteiger partial charge in [0.25, 0.3) is 5.91 Å². The maximum absolute atomic E-state index is 13.2. The first-order chi connectivity index (χ1) is 13.1. The Morgan fingerprint density at radius 2 is 1.89 bits per heavy atom. The number of ketones is 1. The van der Waals surface area contributed by atoms with Crippen LogP contribution >= 0.6 is 0 Å². The van der Waals surface area contributed by atoms with Crippen LogP contribution < -0.4 is 4.90 Å². The fourth-order valence-electron chi connectivity index (χ4n) is 3.61. The summed E-state index contributed by atoms with van der Waals surface area (Å²) < 4.78 is 5.36. The summed E-state index contributed by atoms with van der Waals surface area (Å²) in [7, 11) is 0. The summed E-state index contributed by atoms with van der Waals surface area (Å²) in [5.74, 6) is -0.839. The third-order valence-electron chi connectivity index (χ3n) is 5.05. The Hall–Kier alpha value is -2.61. The van der Waals surface area contributed by atoms with E-state index in [0.29, 0.717) is 31.1 Å². The summed E-state index contributed by atoms with van der Waals surface area (Å²) in [4.78, 5) is 33.5. The number of amides is 1. The van der Waals surface area contributed by atoms with Gasteiger partial charge in [0.15, 0.2) is 11.4 Å². The number of nitrogens with zero attached hydrogens (tertiary/aromatic N) is 3. The van der Waals surface area contributed by atoms with Gasteiger partial charge in [0, 0.05) is 24.8 Å². The number of Topliss-reactive ketones (excluding diaryl/α,β-unsaturated/α-hetero) is 1. The lowest BCUT2D eigenvalue weighted by Crippen LogP contribution is -2.49. The van der Waals surface area contributed by atoms with E-state index in [0.717, 1.165) is 13.1 Å². The van der Waals surface area contributed by atoms with E-state index in [2.05, 4.69) is 9.88 Å². The molecule has 1 N–H and O–H groups in total. The SMILES string of the molecule is O=C(C[C@@]1(O)C(=O)N(CN2CCOCC2)c2ccccc21)c1ccccn1. The van der Waals surface area contributed by atoms with Crippen molar-refractivity contribution < 1.29 is 19.4 Å². The molecule has 2 aromatic rings. The largest absolute Gasteiger partial charge is 0.379 e. The van der Waals surface area contributed by atoms with Crippen LogP contribution in [-0.2, 0) is 15.1 Å². The summed E-state index contributed by atoms with van der Waals surface area (Å²) in [6.07, 6.45) is 1.19. The summed E-state index contributed by atoms with van der Waals surface area (Å²) in [6.45, 7) is 3.03. The van der Waals surface area contributed by atoms with E-state index >= 15 is 0 Å². The van der Waals surface area contributed by atoms with Crippen LogP contribution in [0.2, 0.25) is 0 Å². The summed E-state index contributed by atoms with van der Waals surface area (Å²) in [5, 5.41) is 11.3. The standard InChI is InChI=1S/C20H21N3O4/c24-18(16-6-3-4-8-21-16)13-20(26)15-5-1-2-7-17(15)23(19(20)25)14-22-9-11-27-12-10-22/h1-8,26H,9-14H2/t20-/m0/s1. The van der Waals surface area contributed by atoms with Crippen molar-refractivity contribution >= 4 is 17.4 Å². The summed E-state index contributed by atoms with van der Waals surface area (Å²) >= 11 is 0. The third-order valence-corrected chi connectivity index (χ3v) is 5.05. The van der Waals surface area contributed by atoms with Crippen LogP contribution in [-0.4, -0.2) is 59.7 Å². The number of fused-ring (bicyclic) bond motifs is 1. The van der Waals surface area contributed by atoms with Gasteiger partial charge in [-0.05, 0) is 18.2 Å². The molecule has 4 rings (SSSR count). The zero-order chi connectivity index (χ0) is 18.9. The van der Waals surface area contributed by atoms with Gasteiger partial charge >= 0.3 is 0 Å². The number of hydrogen-bond donors (Lipinski definition) is 1. The van der Waals surface area contributed by atoms with Crippen LogP contribution in [0.15, 0.2) is 48.7 Å². The van der Waals surface area contributed by atoms with E-state index in [1.807, 2.05) is 6.07 Å². The van der Waals surface area contributed by atoms with Gasteiger partial charge in [0.05, 0.1) is 32.0 Å². The third kappa shape index (κ3) is 3.25. The van der Waals surface area contributed by atoms with E-state index in [1.54, 1.807) is 41.3 Å². The molecule has 0 aliphatic carbocycles. The average Bonchev–Trinajstić information content (AvgIpc) is 2.92. The molecule has 1 amide bonds. The molecule has 1 atom stereocenters. The highest BCUT2D eigenvalue weighted by Crippen LogP contribution is 2.42. The van der Waals surface area contributed by atoms with Crippen LogP contribution in [0.5, 0.6) is 0 Å². The van der Waals surface area contributed by atoms with Gasteiger partial charge < -0.3 is 9.84 Å². The second-order valence-corrected chi connectivity index (χ2v) is 6.80. The molecule has 0 bridgehead atoms. The Labute approximate surface area is 157 Å². The Kier molecular flexibility index (Phi) is 4.73. The maximum Gasteiger partial charge on any atom is 0.265 e. The molecule has 7 nitrogen and oxygen atoms in total. The minimum Gasteiger partial charge on any atom is -0.379 e. The zero-order valence-corrected chi connectivity index (χ0v) is 14.9. The predicted molar refractivity (Wildman–Crippen MR) is 98.3 cm³/mol. The molecule has 1 aromatic carbocycles. The van der Waals surface area contributed by atoms with E-state index in [-0.39, 0.29) is 17.9 Å². The molecular formula is C20H21N3O4. The molecule has 0 spiro atoms. The molecular weight excluding hydrogens is 346 g/mol. The molecule has 7 heteroatoms. The van der Waals surface area contributed by atoms with Gasteiger partial charge in [-0.2, -0.15) is 0 Å². The van der Waals surface area contributed by atoms with Crippen molar-refractivity contribution in [1.29, 1.82) is 0 Å². The van der Waals surface area contributed by atoms with Crippen molar-refractivity contribution in [2.45, 2.75) is 12.0 Å². The average molecular weight is 367 g/mol. The van der Waals surface area contributed by atoms with Crippen molar-refractivity contribution in [2.24, 2.45) is 0 Å². The van der Waals surface area contributed by atoms with E-state index in [1.165, 1.54) is 6.20 Å². The highest BCUT2D eigenvalue weighted by atomic mass is 16.5. The van der Waals surface area contributed by atoms with Gasteiger partial charge in [-0.1, -0.05) is 24.3 Å². The topological polar surface area (TPSA) is 83.0 Å². The lowest BCUT2D eigenvalue weighted by atomic mass is 9.89. The number of hydrogen-bond acceptors (Lipinski definition) is 6. The number of para-hydroxylation sites is 1. The molecule has 140 valence electrons. The minimum absolute atomic E-state index is 0.239. The van der Waals surface area contributed by atoms with Crippen LogP contribution in [0.3, 0.4) is 0 Å². The Morgan fingerprint density at radius 1 is 1.15 bits per heavy atom. The zero-order valence-electron chi connectivity index (χ0n) is 14.9. The van der Waals surface area contributed by atoms with Crippen LogP contribution in [0.25, 0.3) is 0 Å². The van der Waals surface area contributed by atoms with Crippen molar-refractivity contribution in [2.75, 3.05) is 37.9 Å². The van der Waals surface area contributed by atoms with E-state index < -0.39 is 11.5 Å². The molecule has 0 unspecified atom stereocenters. The van der Waals surface area contributed by atoms with Crippen molar-refractivity contribution in [3.8, 4) is 0 Å². The molecule has 0 saturated carbocycles. The highest BCUT2D eigenvalue weighted by Gasteiger charge is 2.51. The van der Waals surface area contributed by atoms with Crippen molar-refractivity contribution in [3.05, 3.63) is 59.9 Å². The Morgan fingerprint density at radius 3 is 2.63 bits per heavy atom. The quantitative estimate of drug-likeness (QED) is 0.799. The molecule has 1 saturated heterocycles. The fourth-order valence-corrected chi connectivity index (χ4v) is 3.61. The van der Waals surface area contributed by atoms with E-state index in [4.69, 9.17) is 4.74 Å².